The van der Waals surface area contributed by atoms with E-state index in [1.54, 1.807) is 7.11 Å². The zero-order chi connectivity index (χ0) is 15.2. The molecule has 1 atom stereocenters. The molecule has 1 unspecified atom stereocenters. The lowest BCUT2D eigenvalue weighted by Gasteiger charge is -2.23. The lowest BCUT2D eigenvalue weighted by atomic mass is 9.97. The van der Waals surface area contributed by atoms with Crippen LogP contribution in [0.25, 0.3) is 0 Å². The van der Waals surface area contributed by atoms with Crippen LogP contribution in [0.5, 0.6) is 5.75 Å². The summed E-state index contributed by atoms with van der Waals surface area (Å²) in [7, 11) is -0.273. The first kappa shape index (κ1) is 16.9. The summed E-state index contributed by atoms with van der Waals surface area (Å²) in [5, 5.41) is 0. The predicted octanol–water partition coefficient (Wildman–Crippen LogP) is 1.96. The van der Waals surface area contributed by atoms with Gasteiger partial charge in [-0.2, -0.15) is 0 Å². The molecule has 0 spiro atoms. The highest BCUT2D eigenvalue weighted by Crippen LogP contribution is 2.24. The first-order valence-electron chi connectivity index (χ1n) is 6.52. The van der Waals surface area contributed by atoms with Crippen molar-refractivity contribution in [3.8, 4) is 5.75 Å². The smallest absolute Gasteiger partial charge is 0.214 e. The maximum atomic E-state index is 12.0. The highest BCUT2D eigenvalue weighted by Gasteiger charge is 2.22. The van der Waals surface area contributed by atoms with Gasteiger partial charge in [0.1, 0.15) is 5.75 Å². The molecule has 114 valence electrons. The molecule has 1 aromatic carbocycles. The Labute approximate surface area is 121 Å². The Morgan fingerprint density at radius 2 is 1.75 bits per heavy atom. The molecule has 6 heteroatoms. The molecule has 0 radical (unpaired) electrons. The molecule has 1 N–H and O–H groups in total. The Balaban J connectivity index is 2.88. The maximum Gasteiger partial charge on any atom is 0.214 e. The molecule has 5 nitrogen and oxygen atoms in total. The lowest BCUT2D eigenvalue weighted by Crippen LogP contribution is -2.34. The fourth-order valence-corrected chi connectivity index (χ4v) is 3.14. The summed E-state index contributed by atoms with van der Waals surface area (Å²) in [4.78, 5) is 0. The van der Waals surface area contributed by atoms with E-state index in [1.807, 2.05) is 38.1 Å². The Morgan fingerprint density at radius 3 is 2.20 bits per heavy atom. The summed E-state index contributed by atoms with van der Waals surface area (Å²) < 4.78 is 36.6. The topological polar surface area (TPSA) is 64.6 Å². The van der Waals surface area contributed by atoms with E-state index in [2.05, 4.69) is 4.72 Å². The van der Waals surface area contributed by atoms with Gasteiger partial charge in [0.15, 0.2) is 0 Å². The van der Waals surface area contributed by atoms with E-state index in [0.29, 0.717) is 0 Å². The molecule has 0 amide bonds. The minimum Gasteiger partial charge on any atom is -0.497 e. The van der Waals surface area contributed by atoms with E-state index in [-0.39, 0.29) is 24.3 Å². The summed E-state index contributed by atoms with van der Waals surface area (Å²) in [6.45, 7) is 4.14. The average Bonchev–Trinajstić information content (AvgIpc) is 2.43. The second-order valence-electron chi connectivity index (χ2n) is 4.92. The highest BCUT2D eigenvalue weighted by molar-refractivity contribution is 7.89. The Hall–Kier alpha value is -1.11. The Bertz CT molecular complexity index is 496. The van der Waals surface area contributed by atoms with Crippen LogP contribution in [0.4, 0.5) is 0 Å². The monoisotopic (exact) mass is 301 g/mol. The first-order valence-corrected chi connectivity index (χ1v) is 8.17. The van der Waals surface area contributed by atoms with Crippen LogP contribution < -0.4 is 9.46 Å². The number of nitrogens with one attached hydrogen (secondary N) is 1. The number of sulfonamides is 1. The molecule has 0 saturated heterocycles. The summed E-state index contributed by atoms with van der Waals surface area (Å²) >= 11 is 0. The molecule has 0 heterocycles. The van der Waals surface area contributed by atoms with E-state index >= 15 is 0 Å². The van der Waals surface area contributed by atoms with E-state index in [4.69, 9.17) is 9.47 Å². The van der Waals surface area contributed by atoms with Gasteiger partial charge in [-0.3, -0.25) is 0 Å². The molecular weight excluding hydrogens is 278 g/mol. The first-order chi connectivity index (χ1) is 9.39. The Morgan fingerprint density at radius 1 is 1.15 bits per heavy atom. The third kappa shape index (κ3) is 5.11. The lowest BCUT2D eigenvalue weighted by molar-refractivity contribution is 0.216. The van der Waals surface area contributed by atoms with Gasteiger partial charge >= 0.3 is 0 Å². The van der Waals surface area contributed by atoms with E-state index < -0.39 is 10.0 Å². The van der Waals surface area contributed by atoms with Crippen molar-refractivity contribution in [2.24, 2.45) is 5.92 Å². The number of rotatable bonds is 8. The summed E-state index contributed by atoms with van der Waals surface area (Å²) in [5.41, 5.74) is 0.918. The van der Waals surface area contributed by atoms with Gasteiger partial charge in [-0.1, -0.05) is 26.0 Å². The van der Waals surface area contributed by atoms with Crippen LogP contribution in [0.1, 0.15) is 25.5 Å². The molecule has 0 aromatic heterocycles. The number of methoxy groups -OCH3 is 2. The normalized spacial score (nSPS) is 13.4. The minimum absolute atomic E-state index is 0.0388. The quantitative estimate of drug-likeness (QED) is 0.797. The van der Waals surface area contributed by atoms with Crippen molar-refractivity contribution in [3.05, 3.63) is 29.8 Å². The van der Waals surface area contributed by atoms with Gasteiger partial charge in [-0.25, -0.2) is 13.1 Å². The van der Waals surface area contributed by atoms with Crippen molar-refractivity contribution >= 4 is 10.0 Å². The van der Waals surface area contributed by atoms with E-state index in [0.717, 1.165) is 11.3 Å². The van der Waals surface area contributed by atoms with Crippen LogP contribution in [0, 0.1) is 5.92 Å². The molecule has 0 saturated carbocycles. The largest absolute Gasteiger partial charge is 0.497 e. The van der Waals surface area contributed by atoms with Gasteiger partial charge in [0.2, 0.25) is 10.0 Å². The van der Waals surface area contributed by atoms with Gasteiger partial charge in [-0.15, -0.1) is 0 Å². The summed E-state index contributed by atoms with van der Waals surface area (Å²) in [5.74, 6) is 0.849. The van der Waals surface area contributed by atoms with Crippen LogP contribution in [0.3, 0.4) is 0 Å². The maximum absolute atomic E-state index is 12.0. The molecular formula is C14H23NO4S. The van der Waals surface area contributed by atoms with Crippen LogP contribution >= 0.6 is 0 Å². The second-order valence-corrected chi connectivity index (χ2v) is 6.80. The van der Waals surface area contributed by atoms with Crippen molar-refractivity contribution < 1.29 is 17.9 Å². The molecule has 1 rings (SSSR count). The van der Waals surface area contributed by atoms with Crippen LogP contribution in [0.2, 0.25) is 0 Å². The predicted molar refractivity (Wildman–Crippen MR) is 79.4 cm³/mol. The van der Waals surface area contributed by atoms with Crippen molar-refractivity contribution in [2.45, 2.75) is 19.9 Å². The van der Waals surface area contributed by atoms with Gasteiger partial charge in [0, 0.05) is 13.2 Å². The molecule has 0 aliphatic carbocycles. The number of hydrogen-bond donors (Lipinski definition) is 1. The molecule has 0 aliphatic rings. The van der Waals surface area contributed by atoms with Crippen molar-refractivity contribution in [3.63, 3.8) is 0 Å². The number of hydrogen-bond acceptors (Lipinski definition) is 4. The average molecular weight is 301 g/mol. The third-order valence-electron chi connectivity index (χ3n) is 3.00. The molecule has 0 aliphatic heterocycles. The van der Waals surface area contributed by atoms with Crippen molar-refractivity contribution in [2.75, 3.05) is 26.6 Å². The zero-order valence-electron chi connectivity index (χ0n) is 12.4. The van der Waals surface area contributed by atoms with Crippen LogP contribution in [0.15, 0.2) is 24.3 Å². The van der Waals surface area contributed by atoms with Gasteiger partial charge < -0.3 is 9.47 Å². The number of benzene rings is 1. The van der Waals surface area contributed by atoms with Crippen molar-refractivity contribution in [1.82, 2.24) is 4.72 Å². The second kappa shape index (κ2) is 7.61. The van der Waals surface area contributed by atoms with Gasteiger partial charge in [-0.05, 0) is 23.6 Å². The molecule has 1 aromatic rings. The van der Waals surface area contributed by atoms with Crippen LogP contribution in [-0.2, 0) is 14.8 Å². The SMILES string of the molecule is COCCS(=O)(=O)NC(c1ccc(OC)cc1)C(C)C. The molecule has 0 fully saturated rings. The van der Waals surface area contributed by atoms with E-state index in [1.165, 1.54) is 7.11 Å². The fraction of sp³-hybridized carbons (Fsp3) is 0.571. The summed E-state index contributed by atoms with van der Waals surface area (Å²) in [6, 6.07) is 7.15. The fourth-order valence-electron chi connectivity index (χ4n) is 1.85. The van der Waals surface area contributed by atoms with Crippen molar-refractivity contribution in [1.29, 1.82) is 0 Å². The molecule has 0 bridgehead atoms. The number of ether oxygens (including phenoxy) is 2. The van der Waals surface area contributed by atoms with E-state index in [9.17, 15) is 8.42 Å². The minimum atomic E-state index is -3.36. The van der Waals surface area contributed by atoms with Gasteiger partial charge in [0.25, 0.3) is 0 Å². The van der Waals surface area contributed by atoms with Crippen LogP contribution in [-0.4, -0.2) is 35.0 Å². The summed E-state index contributed by atoms with van der Waals surface area (Å²) in [6.07, 6.45) is 0. The standard InChI is InChI=1S/C14H23NO4S/c1-11(2)14(15-20(16,17)10-9-18-3)12-5-7-13(19-4)8-6-12/h5-8,11,14-15H,9-10H2,1-4H3. The zero-order valence-corrected chi connectivity index (χ0v) is 13.2. The Kier molecular flexibility index (Phi) is 6.45. The molecule has 20 heavy (non-hydrogen) atoms. The third-order valence-corrected chi connectivity index (χ3v) is 4.32. The van der Waals surface area contributed by atoms with Gasteiger partial charge in [0.05, 0.1) is 19.5 Å². The highest BCUT2D eigenvalue weighted by atomic mass is 32.2.